The number of carbonyl (C=O) groups excluding carboxylic acids is 1. The van der Waals surface area contributed by atoms with Crippen molar-refractivity contribution in [2.24, 2.45) is 11.5 Å². The molecule has 0 saturated heterocycles. The maximum atomic E-state index is 10.8. The van der Waals surface area contributed by atoms with Crippen LogP contribution < -0.4 is 21.5 Å². The molecule has 1 atom stereocenters. The normalized spacial score (nSPS) is 15.8. The van der Waals surface area contributed by atoms with E-state index in [9.17, 15) is 10.1 Å². The van der Waals surface area contributed by atoms with E-state index in [4.69, 9.17) is 20.6 Å². The number of hydrogen-bond donors (Lipinski definition) is 3. The summed E-state index contributed by atoms with van der Waals surface area (Å²) in [6, 6.07) is 9.17. The van der Waals surface area contributed by atoms with Gasteiger partial charge in [-0.05, 0) is 24.1 Å². The molecule has 2 heterocycles. The zero-order chi connectivity index (χ0) is 18.7. The number of oxazole rings is 1. The summed E-state index contributed by atoms with van der Waals surface area (Å²) in [5, 5.41) is 12.5. The first-order valence-corrected chi connectivity index (χ1v) is 8.20. The minimum absolute atomic E-state index is 0.198. The second-order valence-electron chi connectivity index (χ2n) is 5.89. The molecule has 0 radical (unpaired) electrons. The van der Waals surface area contributed by atoms with Crippen molar-refractivity contribution in [2.75, 3.05) is 11.9 Å². The lowest BCUT2D eigenvalue weighted by atomic mass is 9.87. The van der Waals surface area contributed by atoms with Crippen molar-refractivity contribution in [2.45, 2.75) is 25.7 Å². The lowest BCUT2D eigenvalue weighted by molar-refractivity contribution is -0.119. The molecule has 8 nitrogen and oxygen atoms in total. The van der Waals surface area contributed by atoms with Crippen molar-refractivity contribution in [3.63, 3.8) is 0 Å². The Balaban J connectivity index is 1.96. The number of hydrogen-bond acceptors (Lipinski definition) is 7. The van der Waals surface area contributed by atoms with Crippen LogP contribution in [-0.4, -0.2) is 17.5 Å². The van der Waals surface area contributed by atoms with E-state index in [1.165, 1.54) is 0 Å². The molecular formula is C18H19N5O3. The number of nitrogens with one attached hydrogen (secondary N) is 1. The second kappa shape index (κ2) is 7.19. The summed E-state index contributed by atoms with van der Waals surface area (Å²) in [6.07, 6.45) is 1.59. The third-order valence-corrected chi connectivity index (χ3v) is 3.98. The summed E-state index contributed by atoms with van der Waals surface area (Å²) in [4.78, 5) is 15.4. The number of primary amides is 1. The monoisotopic (exact) mass is 353 g/mol. The van der Waals surface area contributed by atoms with Gasteiger partial charge in [0.25, 0.3) is 5.91 Å². The molecule has 1 aliphatic heterocycles. The predicted octanol–water partition coefficient (Wildman–Crippen LogP) is 1.74. The first kappa shape index (κ1) is 17.4. The van der Waals surface area contributed by atoms with Crippen LogP contribution in [0.15, 0.2) is 40.1 Å². The maximum absolute atomic E-state index is 10.8. The summed E-state index contributed by atoms with van der Waals surface area (Å²) in [7, 11) is 0. The summed E-state index contributed by atoms with van der Waals surface area (Å²) < 4.78 is 11.0. The number of nitrogens with zero attached hydrogens (tertiary/aromatic N) is 2. The highest BCUT2D eigenvalue weighted by atomic mass is 16.5. The van der Waals surface area contributed by atoms with Gasteiger partial charge in [-0.1, -0.05) is 19.1 Å². The SMILES string of the molecule is CCCc1nc2c(o1)NC(N)=C(C#N)[C@H]2c1ccc(OCC(N)=O)cc1. The Kier molecular flexibility index (Phi) is 4.80. The van der Waals surface area contributed by atoms with Crippen LogP contribution in [0.2, 0.25) is 0 Å². The second-order valence-corrected chi connectivity index (χ2v) is 5.89. The molecule has 0 spiro atoms. The number of benzene rings is 1. The van der Waals surface area contributed by atoms with Crippen LogP contribution in [0.1, 0.15) is 36.4 Å². The Hall–Kier alpha value is -3.47. The molecule has 0 fully saturated rings. The van der Waals surface area contributed by atoms with Crippen LogP contribution in [0.25, 0.3) is 0 Å². The van der Waals surface area contributed by atoms with E-state index < -0.39 is 11.8 Å². The molecule has 0 unspecified atom stereocenters. The number of aryl methyl sites for hydroxylation is 1. The van der Waals surface area contributed by atoms with Crippen LogP contribution in [0.5, 0.6) is 5.75 Å². The molecule has 26 heavy (non-hydrogen) atoms. The summed E-state index contributed by atoms with van der Waals surface area (Å²) >= 11 is 0. The van der Waals surface area contributed by atoms with Gasteiger partial charge in [0.05, 0.1) is 17.6 Å². The zero-order valence-electron chi connectivity index (χ0n) is 14.3. The maximum Gasteiger partial charge on any atom is 0.255 e. The number of nitriles is 1. The molecule has 1 aromatic carbocycles. The molecule has 1 aliphatic rings. The fourth-order valence-corrected chi connectivity index (χ4v) is 2.83. The highest BCUT2D eigenvalue weighted by Crippen LogP contribution is 2.40. The predicted molar refractivity (Wildman–Crippen MR) is 93.9 cm³/mol. The van der Waals surface area contributed by atoms with E-state index in [0.29, 0.717) is 35.2 Å². The molecule has 0 bridgehead atoms. The molecule has 134 valence electrons. The third kappa shape index (κ3) is 3.32. The molecule has 1 amide bonds. The molecule has 0 aliphatic carbocycles. The van der Waals surface area contributed by atoms with E-state index in [2.05, 4.69) is 16.4 Å². The number of amides is 1. The lowest BCUT2D eigenvalue weighted by Gasteiger charge is -2.22. The van der Waals surface area contributed by atoms with Gasteiger partial charge in [0.15, 0.2) is 12.5 Å². The molecule has 1 aromatic heterocycles. The molecule has 0 saturated carbocycles. The Labute approximate surface area is 150 Å². The number of anilines is 1. The topological polar surface area (TPSA) is 140 Å². The Morgan fingerprint density at radius 1 is 1.42 bits per heavy atom. The molecule has 3 rings (SSSR count). The fraction of sp³-hybridized carbons (Fsp3) is 0.278. The number of fused-ring (bicyclic) bond motifs is 1. The molecule has 2 aromatic rings. The van der Waals surface area contributed by atoms with Crippen LogP contribution in [0.4, 0.5) is 5.88 Å². The largest absolute Gasteiger partial charge is 0.484 e. The molecule has 8 heteroatoms. The van der Waals surface area contributed by atoms with E-state index in [0.717, 1.165) is 12.0 Å². The van der Waals surface area contributed by atoms with Gasteiger partial charge >= 0.3 is 0 Å². The first-order valence-electron chi connectivity index (χ1n) is 8.20. The number of rotatable bonds is 6. The highest BCUT2D eigenvalue weighted by Gasteiger charge is 2.33. The number of allylic oxidation sites excluding steroid dienone is 1. The highest BCUT2D eigenvalue weighted by molar-refractivity contribution is 5.75. The van der Waals surface area contributed by atoms with Gasteiger partial charge in [0, 0.05) is 6.42 Å². The van der Waals surface area contributed by atoms with Crippen LogP contribution in [0, 0.1) is 11.3 Å². The zero-order valence-corrected chi connectivity index (χ0v) is 14.3. The van der Waals surface area contributed by atoms with Gasteiger partial charge < -0.3 is 25.9 Å². The number of carbonyl (C=O) groups is 1. The van der Waals surface area contributed by atoms with Gasteiger partial charge in [0.1, 0.15) is 17.3 Å². The first-order chi connectivity index (χ1) is 12.5. The number of ether oxygens (including phenoxy) is 1. The van der Waals surface area contributed by atoms with E-state index >= 15 is 0 Å². The quantitative estimate of drug-likeness (QED) is 0.718. The Morgan fingerprint density at radius 2 is 2.15 bits per heavy atom. The number of nitrogens with two attached hydrogens (primary N) is 2. The smallest absolute Gasteiger partial charge is 0.255 e. The average Bonchev–Trinajstić information content (AvgIpc) is 3.01. The molecule has 5 N–H and O–H groups in total. The average molecular weight is 353 g/mol. The van der Waals surface area contributed by atoms with Gasteiger partial charge in [-0.3, -0.25) is 4.79 Å². The Morgan fingerprint density at radius 3 is 2.77 bits per heavy atom. The van der Waals surface area contributed by atoms with Crippen molar-refractivity contribution in [3.05, 3.63) is 52.8 Å². The fourth-order valence-electron chi connectivity index (χ4n) is 2.83. The minimum Gasteiger partial charge on any atom is -0.484 e. The van der Waals surface area contributed by atoms with E-state index in [-0.39, 0.29) is 12.4 Å². The Bertz CT molecular complexity index is 893. The van der Waals surface area contributed by atoms with Crippen LogP contribution in [-0.2, 0) is 11.2 Å². The summed E-state index contributed by atoms with van der Waals surface area (Å²) in [5.74, 6) is 0.830. The van der Waals surface area contributed by atoms with E-state index in [1.807, 2.05) is 6.92 Å². The minimum atomic E-state index is -0.550. The summed E-state index contributed by atoms with van der Waals surface area (Å²) in [6.45, 7) is 1.84. The standard InChI is InChI=1S/C18H19N5O3/c1-2-3-14-22-16-15(12(8-19)17(21)23-18(16)26-14)10-4-6-11(7-5-10)25-9-13(20)24/h4-7,15,23H,2-3,9,21H2,1H3,(H2,20,24)/t15-/m1/s1. The van der Waals surface area contributed by atoms with Crippen molar-refractivity contribution >= 4 is 11.8 Å². The lowest BCUT2D eigenvalue weighted by Crippen LogP contribution is -2.22. The van der Waals surface area contributed by atoms with Gasteiger partial charge in [0.2, 0.25) is 5.88 Å². The van der Waals surface area contributed by atoms with Crippen molar-refractivity contribution in [1.29, 1.82) is 5.26 Å². The van der Waals surface area contributed by atoms with Crippen molar-refractivity contribution in [1.82, 2.24) is 4.98 Å². The van der Waals surface area contributed by atoms with Gasteiger partial charge in [-0.2, -0.15) is 5.26 Å². The molecular weight excluding hydrogens is 334 g/mol. The van der Waals surface area contributed by atoms with Crippen LogP contribution in [0.3, 0.4) is 0 Å². The van der Waals surface area contributed by atoms with E-state index in [1.54, 1.807) is 24.3 Å². The number of aromatic nitrogens is 1. The van der Waals surface area contributed by atoms with Crippen LogP contribution >= 0.6 is 0 Å². The third-order valence-electron chi connectivity index (χ3n) is 3.98. The summed E-state index contributed by atoms with van der Waals surface area (Å²) in [5.41, 5.74) is 12.9. The van der Waals surface area contributed by atoms with Gasteiger partial charge in [-0.25, -0.2) is 4.98 Å². The van der Waals surface area contributed by atoms with Crippen molar-refractivity contribution in [3.8, 4) is 11.8 Å². The van der Waals surface area contributed by atoms with Gasteiger partial charge in [-0.15, -0.1) is 0 Å². The van der Waals surface area contributed by atoms with Crippen molar-refractivity contribution < 1.29 is 13.9 Å².